The highest BCUT2D eigenvalue weighted by Gasteiger charge is 2.45. The number of benzene rings is 1. The molecule has 3 amide bonds. The quantitative estimate of drug-likeness (QED) is 0.337. The zero-order chi connectivity index (χ0) is 27.9. The highest BCUT2D eigenvalue weighted by molar-refractivity contribution is 5.89. The van der Waals surface area contributed by atoms with E-state index in [2.05, 4.69) is 20.9 Å². The van der Waals surface area contributed by atoms with E-state index in [1.807, 2.05) is 0 Å². The van der Waals surface area contributed by atoms with Crippen LogP contribution in [0.4, 0.5) is 23.7 Å². The molecule has 2 aromatic heterocycles. The number of nitrogens with zero attached hydrogens (tertiary/aromatic N) is 2. The molecule has 0 saturated carbocycles. The van der Waals surface area contributed by atoms with Crippen LogP contribution in [0.25, 0.3) is 11.3 Å². The highest BCUT2D eigenvalue weighted by atomic mass is 19.4. The van der Waals surface area contributed by atoms with E-state index in [1.54, 1.807) is 54.9 Å². The van der Waals surface area contributed by atoms with Crippen LogP contribution in [0.3, 0.4) is 0 Å². The Balaban J connectivity index is 1.86. The van der Waals surface area contributed by atoms with E-state index in [1.165, 1.54) is 26.0 Å². The first-order valence-electron chi connectivity index (χ1n) is 11.7. The summed E-state index contributed by atoms with van der Waals surface area (Å²) >= 11 is 0. The number of carbonyl (C=O) groups is 2. The van der Waals surface area contributed by atoms with Crippen molar-refractivity contribution in [1.29, 1.82) is 0 Å². The first-order chi connectivity index (χ1) is 18.0. The van der Waals surface area contributed by atoms with Crippen molar-refractivity contribution in [2.24, 2.45) is 5.92 Å². The summed E-state index contributed by atoms with van der Waals surface area (Å²) < 4.78 is 40.4. The Morgan fingerprint density at radius 3 is 2.37 bits per heavy atom. The van der Waals surface area contributed by atoms with Crippen LogP contribution in [-0.2, 0) is 17.9 Å². The molecule has 0 aliphatic carbocycles. The normalized spacial score (nSPS) is 13.0. The Bertz CT molecular complexity index is 1300. The third-order valence-corrected chi connectivity index (χ3v) is 5.69. The minimum Gasteiger partial charge on any atom is -0.382 e. The van der Waals surface area contributed by atoms with Crippen LogP contribution in [0.15, 0.2) is 71.8 Å². The van der Waals surface area contributed by atoms with Gasteiger partial charge >= 0.3 is 12.2 Å². The number of nitrogens with one attached hydrogen (secondary N) is 3. The molecular formula is C26H28F3N5O4. The maximum Gasteiger partial charge on any atom is 0.416 e. The predicted octanol–water partition coefficient (Wildman–Crippen LogP) is 3.30. The van der Waals surface area contributed by atoms with Crippen molar-refractivity contribution in [1.82, 2.24) is 20.2 Å². The van der Waals surface area contributed by atoms with Crippen molar-refractivity contribution in [2.75, 3.05) is 5.32 Å². The molecule has 0 spiro atoms. The minimum absolute atomic E-state index is 0.142. The Morgan fingerprint density at radius 2 is 1.76 bits per heavy atom. The Morgan fingerprint density at radius 1 is 1.05 bits per heavy atom. The Kier molecular flexibility index (Phi) is 9.24. The van der Waals surface area contributed by atoms with Gasteiger partial charge in [0.15, 0.2) is 6.10 Å². The molecule has 0 radical (unpaired) electrons. The summed E-state index contributed by atoms with van der Waals surface area (Å²) in [6.45, 7) is 2.35. The fourth-order valence-corrected chi connectivity index (χ4v) is 3.73. The molecule has 2 unspecified atom stereocenters. The lowest BCUT2D eigenvalue weighted by molar-refractivity contribution is -0.215. The van der Waals surface area contributed by atoms with Crippen molar-refractivity contribution >= 4 is 17.6 Å². The number of hydrogen-bond acceptors (Lipinski definition) is 5. The van der Waals surface area contributed by atoms with Crippen molar-refractivity contribution < 1.29 is 27.9 Å². The second-order valence-electron chi connectivity index (χ2n) is 8.88. The van der Waals surface area contributed by atoms with Gasteiger partial charge in [-0.3, -0.25) is 19.1 Å². The molecule has 202 valence electrons. The zero-order valence-electron chi connectivity index (χ0n) is 20.7. The van der Waals surface area contributed by atoms with E-state index in [0.717, 1.165) is 10.1 Å². The van der Waals surface area contributed by atoms with Gasteiger partial charge in [0.25, 0.3) is 5.56 Å². The standard InChI is InChI=1S/C26H28F3N5O4/c1-16(2)22(23(36)26(27,28)29)33-21(35)15-34-20(18-8-4-3-5-9-18)11-10-19(24(34)37)32-25(38)31-14-17-7-6-12-30-13-17/h3-13,16,22-23,36H,14-15H2,1-2H3,(H,33,35)(H2,31,32,38). The maximum absolute atomic E-state index is 13.3. The topological polar surface area (TPSA) is 125 Å². The number of pyridine rings is 2. The largest absolute Gasteiger partial charge is 0.416 e. The number of amides is 3. The van der Waals surface area contributed by atoms with Gasteiger partial charge in [0.2, 0.25) is 5.91 Å². The number of anilines is 1. The molecule has 3 aromatic rings. The zero-order valence-corrected chi connectivity index (χ0v) is 20.7. The van der Waals surface area contributed by atoms with E-state index in [9.17, 15) is 32.7 Å². The molecule has 12 heteroatoms. The number of halogens is 3. The third-order valence-electron chi connectivity index (χ3n) is 5.69. The van der Waals surface area contributed by atoms with Crippen LogP contribution in [-0.4, -0.2) is 44.9 Å². The second-order valence-corrected chi connectivity index (χ2v) is 8.88. The average molecular weight is 532 g/mol. The summed E-state index contributed by atoms with van der Waals surface area (Å²) in [5, 5.41) is 17.0. The van der Waals surface area contributed by atoms with Gasteiger partial charge in [-0.1, -0.05) is 50.2 Å². The van der Waals surface area contributed by atoms with E-state index in [-0.39, 0.29) is 12.2 Å². The van der Waals surface area contributed by atoms with Crippen LogP contribution in [0.5, 0.6) is 0 Å². The SMILES string of the molecule is CC(C)C(NC(=O)Cn1c(-c2ccccc2)ccc(NC(=O)NCc2cccnc2)c1=O)C(O)C(F)(F)F. The number of urea groups is 1. The summed E-state index contributed by atoms with van der Waals surface area (Å²) in [7, 11) is 0. The molecule has 2 atom stereocenters. The van der Waals surface area contributed by atoms with Gasteiger partial charge in [0.05, 0.1) is 11.7 Å². The van der Waals surface area contributed by atoms with Crippen molar-refractivity contribution in [3.63, 3.8) is 0 Å². The molecule has 4 N–H and O–H groups in total. The van der Waals surface area contributed by atoms with Crippen molar-refractivity contribution in [3.8, 4) is 11.3 Å². The molecule has 1 aromatic carbocycles. The number of carbonyl (C=O) groups excluding carboxylic acids is 2. The Labute approximate surface area is 216 Å². The first-order valence-corrected chi connectivity index (χ1v) is 11.7. The number of aliphatic hydroxyl groups excluding tert-OH is 1. The number of alkyl halides is 3. The smallest absolute Gasteiger partial charge is 0.382 e. The molecule has 38 heavy (non-hydrogen) atoms. The van der Waals surface area contributed by atoms with Gasteiger partial charge in [-0.15, -0.1) is 0 Å². The third kappa shape index (κ3) is 7.42. The molecular weight excluding hydrogens is 503 g/mol. The number of aliphatic hydroxyl groups is 1. The fourth-order valence-electron chi connectivity index (χ4n) is 3.73. The lowest BCUT2D eigenvalue weighted by Gasteiger charge is -2.29. The van der Waals surface area contributed by atoms with E-state index in [0.29, 0.717) is 11.3 Å². The number of hydrogen-bond donors (Lipinski definition) is 4. The van der Waals surface area contributed by atoms with Crippen LogP contribution in [0, 0.1) is 5.92 Å². The van der Waals surface area contributed by atoms with Gasteiger partial charge in [-0.2, -0.15) is 13.2 Å². The molecule has 0 saturated heterocycles. The molecule has 9 nitrogen and oxygen atoms in total. The monoisotopic (exact) mass is 531 g/mol. The van der Waals surface area contributed by atoms with Crippen LogP contribution >= 0.6 is 0 Å². The average Bonchev–Trinajstić information content (AvgIpc) is 2.88. The van der Waals surface area contributed by atoms with Crippen molar-refractivity contribution in [3.05, 3.63) is 82.9 Å². The molecule has 3 rings (SSSR count). The van der Waals surface area contributed by atoms with Crippen LogP contribution in [0.2, 0.25) is 0 Å². The molecule has 0 fully saturated rings. The molecule has 0 aliphatic rings. The van der Waals surface area contributed by atoms with Gasteiger partial charge in [-0.25, -0.2) is 4.79 Å². The first kappa shape index (κ1) is 28.4. The maximum atomic E-state index is 13.3. The number of rotatable bonds is 9. The van der Waals surface area contributed by atoms with Gasteiger partial charge in [0, 0.05) is 18.9 Å². The van der Waals surface area contributed by atoms with E-state index in [4.69, 9.17) is 0 Å². The summed E-state index contributed by atoms with van der Waals surface area (Å²) in [6, 6.07) is 12.6. The predicted molar refractivity (Wildman–Crippen MR) is 135 cm³/mol. The summed E-state index contributed by atoms with van der Waals surface area (Å²) in [4.78, 5) is 42.5. The lowest BCUT2D eigenvalue weighted by Crippen LogP contribution is -2.53. The van der Waals surface area contributed by atoms with Crippen LogP contribution in [0.1, 0.15) is 19.4 Å². The lowest BCUT2D eigenvalue weighted by atomic mass is 9.98. The van der Waals surface area contributed by atoms with Gasteiger partial charge < -0.3 is 21.1 Å². The van der Waals surface area contributed by atoms with Gasteiger partial charge in [-0.05, 0) is 35.2 Å². The Hall–Kier alpha value is -4.19. The van der Waals surface area contributed by atoms with Gasteiger partial charge in [0.1, 0.15) is 12.2 Å². The second kappa shape index (κ2) is 12.4. The highest BCUT2D eigenvalue weighted by Crippen LogP contribution is 2.25. The van der Waals surface area contributed by atoms with E-state index >= 15 is 0 Å². The summed E-state index contributed by atoms with van der Waals surface area (Å²) in [6.07, 6.45) is -4.57. The fraction of sp³-hybridized carbons (Fsp3) is 0.308. The molecule has 0 bridgehead atoms. The molecule has 2 heterocycles. The van der Waals surface area contributed by atoms with Crippen LogP contribution < -0.4 is 21.5 Å². The summed E-state index contributed by atoms with van der Waals surface area (Å²) in [5.41, 5.74) is 0.731. The number of aromatic nitrogens is 2. The molecule has 0 aliphatic heterocycles. The summed E-state index contributed by atoms with van der Waals surface area (Å²) in [5.74, 6) is -1.66. The van der Waals surface area contributed by atoms with E-state index < -0.39 is 48.3 Å². The van der Waals surface area contributed by atoms with Crippen molar-refractivity contribution in [2.45, 2.75) is 45.3 Å². The minimum atomic E-state index is -4.94.